The normalized spacial score (nSPS) is 12.0. The van der Waals surface area contributed by atoms with E-state index in [2.05, 4.69) is 14.7 Å². The topological polar surface area (TPSA) is 72.1 Å². The van der Waals surface area contributed by atoms with Gasteiger partial charge in [0, 0.05) is 11.3 Å². The molecule has 1 heterocycles. The molecule has 2 rings (SSSR count). The Hall–Kier alpha value is -2.15. The van der Waals surface area contributed by atoms with Crippen molar-refractivity contribution in [1.29, 1.82) is 0 Å². The Morgan fingerprint density at radius 1 is 1.41 bits per heavy atom. The Kier molecular flexibility index (Phi) is 5.32. The summed E-state index contributed by atoms with van der Waals surface area (Å²) >= 11 is 1.32. The molecular weight excluding hydrogens is 307 g/mol. The monoisotopic (exact) mass is 322 g/mol. The summed E-state index contributed by atoms with van der Waals surface area (Å²) in [6, 6.07) is 7.41. The molecule has 0 unspecified atom stereocenters. The number of benzene rings is 1. The average molecular weight is 322 g/mol. The molecule has 1 atom stereocenters. The van der Waals surface area contributed by atoms with Crippen LogP contribution in [-0.2, 0) is 16.0 Å². The molecule has 1 aromatic carbocycles. The van der Waals surface area contributed by atoms with E-state index in [0.717, 1.165) is 5.56 Å². The first-order chi connectivity index (χ1) is 10.5. The van der Waals surface area contributed by atoms with E-state index in [1.807, 2.05) is 6.92 Å². The van der Waals surface area contributed by atoms with Crippen LogP contribution < -0.4 is 5.56 Å². The minimum Gasteiger partial charge on any atom is -0.469 e. The Bertz CT molecular complexity index is 715. The summed E-state index contributed by atoms with van der Waals surface area (Å²) < 4.78 is 17.5. The minimum absolute atomic E-state index is 0.0304. The van der Waals surface area contributed by atoms with Crippen molar-refractivity contribution in [1.82, 2.24) is 9.97 Å². The summed E-state index contributed by atoms with van der Waals surface area (Å²) in [6.45, 7) is 1.92. The number of hydrogen-bond donors (Lipinski definition) is 1. The van der Waals surface area contributed by atoms with E-state index in [9.17, 15) is 14.0 Å². The van der Waals surface area contributed by atoms with E-state index >= 15 is 0 Å². The highest BCUT2D eigenvalue weighted by Gasteiger charge is 2.12. The first kappa shape index (κ1) is 16.2. The molecule has 5 nitrogen and oxygen atoms in total. The van der Waals surface area contributed by atoms with Crippen molar-refractivity contribution in [3.8, 4) is 0 Å². The maximum atomic E-state index is 12.9. The van der Waals surface area contributed by atoms with Crippen LogP contribution in [0.1, 0.15) is 23.4 Å². The SMILES string of the molecule is COC(=O)Cc1cc(=O)[nH]c(S[C@@H](C)c2ccc(F)cc2)n1. The zero-order valence-corrected chi connectivity index (χ0v) is 12.9. The summed E-state index contributed by atoms with van der Waals surface area (Å²) in [4.78, 5) is 29.8. The number of ether oxygens (including phenoxy) is 1. The van der Waals surface area contributed by atoms with Crippen LogP contribution in [0.3, 0.4) is 0 Å². The van der Waals surface area contributed by atoms with Crippen molar-refractivity contribution in [3.05, 3.63) is 57.8 Å². The summed E-state index contributed by atoms with van der Waals surface area (Å²) in [5, 5.41) is 0.375. The Morgan fingerprint density at radius 2 is 2.09 bits per heavy atom. The Labute approximate surface area is 130 Å². The van der Waals surface area contributed by atoms with Crippen molar-refractivity contribution < 1.29 is 13.9 Å². The lowest BCUT2D eigenvalue weighted by atomic mass is 10.2. The van der Waals surface area contributed by atoms with Gasteiger partial charge in [-0.25, -0.2) is 9.37 Å². The van der Waals surface area contributed by atoms with Gasteiger partial charge in [-0.3, -0.25) is 9.59 Å². The quantitative estimate of drug-likeness (QED) is 0.520. The molecule has 2 aromatic rings. The number of carbonyl (C=O) groups excluding carboxylic acids is 1. The lowest BCUT2D eigenvalue weighted by molar-refractivity contribution is -0.139. The lowest BCUT2D eigenvalue weighted by Crippen LogP contribution is -2.14. The molecule has 0 bridgehead atoms. The molecule has 0 saturated carbocycles. The summed E-state index contributed by atoms with van der Waals surface area (Å²) in [6.07, 6.45) is -0.0566. The van der Waals surface area contributed by atoms with Crippen molar-refractivity contribution in [2.45, 2.75) is 23.8 Å². The van der Waals surface area contributed by atoms with Gasteiger partial charge < -0.3 is 9.72 Å². The number of rotatable bonds is 5. The molecule has 0 aliphatic carbocycles. The number of aromatic nitrogens is 2. The van der Waals surface area contributed by atoms with Gasteiger partial charge in [-0.1, -0.05) is 23.9 Å². The number of methoxy groups -OCH3 is 1. The molecule has 1 N–H and O–H groups in total. The molecule has 116 valence electrons. The number of halogens is 1. The van der Waals surface area contributed by atoms with Gasteiger partial charge in [0.2, 0.25) is 0 Å². The fourth-order valence-electron chi connectivity index (χ4n) is 1.82. The van der Waals surface area contributed by atoms with Crippen molar-refractivity contribution >= 4 is 17.7 Å². The molecule has 0 aliphatic rings. The second-order valence-electron chi connectivity index (χ2n) is 4.61. The van der Waals surface area contributed by atoms with Crippen molar-refractivity contribution in [2.75, 3.05) is 7.11 Å². The largest absolute Gasteiger partial charge is 0.469 e. The molecule has 0 fully saturated rings. The number of nitrogens with zero attached hydrogens (tertiary/aromatic N) is 1. The molecule has 0 aliphatic heterocycles. The number of nitrogens with one attached hydrogen (secondary N) is 1. The number of H-pyrrole nitrogens is 1. The Balaban J connectivity index is 2.16. The van der Waals surface area contributed by atoms with Gasteiger partial charge in [0.1, 0.15) is 5.82 Å². The first-order valence-electron chi connectivity index (χ1n) is 6.57. The van der Waals surface area contributed by atoms with Crippen LogP contribution in [0.5, 0.6) is 0 Å². The third-order valence-corrected chi connectivity index (χ3v) is 4.00. The third-order valence-electron chi connectivity index (χ3n) is 2.95. The van der Waals surface area contributed by atoms with Gasteiger partial charge in [-0.05, 0) is 24.6 Å². The fourth-order valence-corrected chi connectivity index (χ4v) is 2.78. The number of esters is 1. The number of thioether (sulfide) groups is 1. The van der Waals surface area contributed by atoms with Crippen LogP contribution in [0.4, 0.5) is 4.39 Å². The molecular formula is C15H15FN2O3S. The molecule has 0 saturated heterocycles. The van der Waals surface area contributed by atoms with E-state index in [-0.39, 0.29) is 23.0 Å². The highest BCUT2D eigenvalue weighted by Crippen LogP contribution is 2.32. The molecule has 0 spiro atoms. The number of hydrogen-bond acceptors (Lipinski definition) is 5. The van der Waals surface area contributed by atoms with E-state index in [0.29, 0.717) is 10.9 Å². The number of aromatic amines is 1. The average Bonchev–Trinajstić information content (AvgIpc) is 2.47. The predicted octanol–water partition coefficient (Wildman–Crippen LogP) is 2.48. The molecule has 0 radical (unpaired) electrons. The fraction of sp³-hybridized carbons (Fsp3) is 0.267. The van der Waals surface area contributed by atoms with E-state index in [1.165, 1.54) is 37.1 Å². The second kappa shape index (κ2) is 7.22. The standard InChI is InChI=1S/C15H15FN2O3S/c1-9(10-3-5-11(16)6-4-10)22-15-17-12(7-13(19)18-15)8-14(20)21-2/h3-7,9H,8H2,1-2H3,(H,17,18,19)/t9-/m0/s1. The van der Waals surface area contributed by atoms with Gasteiger partial charge in [0.25, 0.3) is 5.56 Å². The van der Waals surface area contributed by atoms with Crippen LogP contribution in [0.2, 0.25) is 0 Å². The maximum absolute atomic E-state index is 12.9. The minimum atomic E-state index is -0.458. The van der Waals surface area contributed by atoms with Gasteiger partial charge in [0.15, 0.2) is 5.16 Å². The van der Waals surface area contributed by atoms with Gasteiger partial charge in [-0.15, -0.1) is 0 Å². The molecule has 0 amide bonds. The number of carbonyl (C=O) groups is 1. The second-order valence-corrected chi connectivity index (χ2v) is 5.94. The van der Waals surface area contributed by atoms with E-state index < -0.39 is 5.97 Å². The van der Waals surface area contributed by atoms with Crippen LogP contribution in [-0.4, -0.2) is 23.0 Å². The third kappa shape index (κ3) is 4.42. The van der Waals surface area contributed by atoms with Crippen LogP contribution in [0.25, 0.3) is 0 Å². The van der Waals surface area contributed by atoms with Gasteiger partial charge >= 0.3 is 5.97 Å². The maximum Gasteiger partial charge on any atom is 0.311 e. The molecule has 7 heteroatoms. The van der Waals surface area contributed by atoms with Crippen molar-refractivity contribution in [3.63, 3.8) is 0 Å². The summed E-state index contributed by atoms with van der Waals surface area (Å²) in [5.41, 5.74) is 0.930. The van der Waals surface area contributed by atoms with Gasteiger partial charge in [-0.2, -0.15) is 0 Å². The van der Waals surface area contributed by atoms with Crippen LogP contribution >= 0.6 is 11.8 Å². The highest BCUT2D eigenvalue weighted by molar-refractivity contribution is 7.99. The smallest absolute Gasteiger partial charge is 0.311 e. The zero-order valence-electron chi connectivity index (χ0n) is 12.1. The van der Waals surface area contributed by atoms with E-state index in [4.69, 9.17) is 0 Å². The van der Waals surface area contributed by atoms with Gasteiger partial charge in [0.05, 0.1) is 19.2 Å². The van der Waals surface area contributed by atoms with E-state index in [1.54, 1.807) is 12.1 Å². The predicted molar refractivity (Wildman–Crippen MR) is 81.2 cm³/mol. The van der Waals surface area contributed by atoms with Crippen LogP contribution in [0, 0.1) is 5.82 Å². The zero-order chi connectivity index (χ0) is 16.1. The first-order valence-corrected chi connectivity index (χ1v) is 7.45. The lowest BCUT2D eigenvalue weighted by Gasteiger charge is -2.11. The molecule has 1 aromatic heterocycles. The molecule has 22 heavy (non-hydrogen) atoms. The highest BCUT2D eigenvalue weighted by atomic mass is 32.2. The Morgan fingerprint density at radius 3 is 2.73 bits per heavy atom. The van der Waals surface area contributed by atoms with Crippen LogP contribution in [0.15, 0.2) is 40.3 Å². The summed E-state index contributed by atoms with van der Waals surface area (Å²) in [7, 11) is 1.28. The summed E-state index contributed by atoms with van der Waals surface area (Å²) in [5.74, 6) is -0.756. The van der Waals surface area contributed by atoms with Crippen molar-refractivity contribution in [2.24, 2.45) is 0 Å².